The Kier molecular flexibility index (Phi) is 3.00. The fraction of sp³-hybridized carbons (Fsp3) is 0.615. The summed E-state index contributed by atoms with van der Waals surface area (Å²) in [6, 6.07) is 1.95. The Balaban J connectivity index is 1.87. The van der Waals surface area contributed by atoms with Gasteiger partial charge in [0, 0.05) is 19.3 Å². The Morgan fingerprint density at radius 3 is 2.95 bits per heavy atom. The van der Waals surface area contributed by atoms with E-state index in [0.717, 1.165) is 25.7 Å². The first-order valence-corrected chi connectivity index (χ1v) is 6.75. The molecule has 0 radical (unpaired) electrons. The van der Waals surface area contributed by atoms with Gasteiger partial charge in [-0.1, -0.05) is 12.8 Å². The van der Waals surface area contributed by atoms with Crippen LogP contribution in [-0.4, -0.2) is 45.1 Å². The van der Waals surface area contributed by atoms with E-state index in [1.165, 1.54) is 0 Å². The van der Waals surface area contributed by atoms with Crippen LogP contribution in [-0.2, 0) is 11.8 Å². The largest absolute Gasteiger partial charge is 0.350 e. The van der Waals surface area contributed by atoms with Gasteiger partial charge in [0.15, 0.2) is 0 Å². The van der Waals surface area contributed by atoms with Gasteiger partial charge >= 0.3 is 0 Å². The van der Waals surface area contributed by atoms with Gasteiger partial charge in [-0.25, -0.2) is 0 Å². The molecule has 0 bridgehead atoms. The molecule has 1 aliphatic heterocycles. The Bertz CT molecular complexity index is 510. The number of aryl methyl sites for hydroxylation is 1. The highest BCUT2D eigenvalue weighted by molar-refractivity contribution is 5.96. The van der Waals surface area contributed by atoms with Crippen LogP contribution in [0.25, 0.3) is 0 Å². The van der Waals surface area contributed by atoms with E-state index in [1.54, 1.807) is 28.9 Å². The Hall–Kier alpha value is -1.85. The molecule has 1 aliphatic carbocycles. The van der Waals surface area contributed by atoms with Crippen molar-refractivity contribution in [2.75, 3.05) is 6.54 Å². The predicted octanol–water partition coefficient (Wildman–Crippen LogP) is 0.303. The SMILES string of the molecule is Cn1nccc1C(=O)N1CC(=O)N[C@H]2CCCC[C@@H]21. The summed E-state index contributed by atoms with van der Waals surface area (Å²) in [6.45, 7) is 0.158. The van der Waals surface area contributed by atoms with E-state index >= 15 is 0 Å². The summed E-state index contributed by atoms with van der Waals surface area (Å²) in [6.07, 6.45) is 5.77. The summed E-state index contributed by atoms with van der Waals surface area (Å²) in [5.74, 6) is -0.148. The standard InChI is InChI=1S/C13H18N4O2/c1-16-11(6-7-14-16)13(19)17-8-12(18)15-9-4-2-3-5-10(9)17/h6-7,9-10H,2-5,8H2,1H3,(H,15,18)/t9-,10-/m0/s1. The number of fused-ring (bicyclic) bond motifs is 1. The molecule has 1 aromatic heterocycles. The molecule has 2 heterocycles. The molecule has 1 N–H and O–H groups in total. The fourth-order valence-corrected chi connectivity index (χ4v) is 3.13. The number of carbonyl (C=O) groups excluding carboxylic acids is 2. The molecule has 6 heteroatoms. The van der Waals surface area contributed by atoms with Gasteiger partial charge in [-0.15, -0.1) is 0 Å². The molecule has 3 rings (SSSR count). The van der Waals surface area contributed by atoms with E-state index in [2.05, 4.69) is 10.4 Å². The van der Waals surface area contributed by atoms with Crippen molar-refractivity contribution in [3.8, 4) is 0 Å². The van der Waals surface area contributed by atoms with Crippen molar-refractivity contribution in [1.82, 2.24) is 20.0 Å². The van der Waals surface area contributed by atoms with Crippen LogP contribution in [0.2, 0.25) is 0 Å². The van der Waals surface area contributed by atoms with Crippen molar-refractivity contribution in [2.45, 2.75) is 37.8 Å². The highest BCUT2D eigenvalue weighted by atomic mass is 16.2. The van der Waals surface area contributed by atoms with Crippen molar-refractivity contribution in [3.63, 3.8) is 0 Å². The fourth-order valence-electron chi connectivity index (χ4n) is 3.13. The maximum atomic E-state index is 12.6. The van der Waals surface area contributed by atoms with Gasteiger partial charge in [0.05, 0.1) is 6.04 Å². The summed E-state index contributed by atoms with van der Waals surface area (Å²) in [5, 5.41) is 7.03. The van der Waals surface area contributed by atoms with Gasteiger partial charge < -0.3 is 10.2 Å². The summed E-state index contributed by atoms with van der Waals surface area (Å²) in [5.41, 5.74) is 0.541. The molecule has 1 saturated heterocycles. The molecule has 1 aromatic rings. The van der Waals surface area contributed by atoms with E-state index < -0.39 is 0 Å². The number of aromatic nitrogens is 2. The van der Waals surface area contributed by atoms with E-state index in [4.69, 9.17) is 0 Å². The number of amides is 2. The van der Waals surface area contributed by atoms with Gasteiger partial charge in [0.2, 0.25) is 5.91 Å². The van der Waals surface area contributed by atoms with E-state index in [9.17, 15) is 9.59 Å². The van der Waals surface area contributed by atoms with E-state index in [0.29, 0.717) is 5.69 Å². The van der Waals surface area contributed by atoms with Crippen LogP contribution >= 0.6 is 0 Å². The molecule has 2 amide bonds. The number of hydrogen-bond acceptors (Lipinski definition) is 3. The maximum Gasteiger partial charge on any atom is 0.272 e. The van der Waals surface area contributed by atoms with Crippen LogP contribution < -0.4 is 5.32 Å². The number of nitrogens with one attached hydrogen (secondary N) is 1. The first-order chi connectivity index (χ1) is 9.16. The summed E-state index contributed by atoms with van der Waals surface area (Å²) >= 11 is 0. The minimum Gasteiger partial charge on any atom is -0.350 e. The Morgan fingerprint density at radius 1 is 1.42 bits per heavy atom. The summed E-state index contributed by atoms with van der Waals surface area (Å²) in [7, 11) is 1.75. The van der Waals surface area contributed by atoms with Crippen molar-refractivity contribution >= 4 is 11.8 Å². The molecule has 1 saturated carbocycles. The van der Waals surface area contributed by atoms with E-state index in [1.807, 2.05) is 0 Å². The number of nitrogens with zero attached hydrogens (tertiary/aromatic N) is 3. The molecule has 2 atom stereocenters. The van der Waals surface area contributed by atoms with Crippen molar-refractivity contribution in [1.29, 1.82) is 0 Å². The van der Waals surface area contributed by atoms with Gasteiger partial charge in [-0.2, -0.15) is 5.10 Å². The molecular weight excluding hydrogens is 244 g/mol. The molecule has 2 fully saturated rings. The highest BCUT2D eigenvalue weighted by Crippen LogP contribution is 2.26. The summed E-state index contributed by atoms with van der Waals surface area (Å²) < 4.78 is 1.56. The number of carbonyl (C=O) groups is 2. The van der Waals surface area contributed by atoms with Gasteiger partial charge in [0.1, 0.15) is 12.2 Å². The minimum absolute atomic E-state index is 0.0568. The topological polar surface area (TPSA) is 67.2 Å². The third kappa shape index (κ3) is 2.11. The minimum atomic E-state index is -0.0910. The van der Waals surface area contributed by atoms with Crippen LogP contribution in [0.3, 0.4) is 0 Å². The Morgan fingerprint density at radius 2 is 2.21 bits per heavy atom. The molecule has 0 aromatic carbocycles. The lowest BCUT2D eigenvalue weighted by Gasteiger charge is -2.43. The van der Waals surface area contributed by atoms with Crippen LogP contribution in [0, 0.1) is 0 Å². The van der Waals surface area contributed by atoms with Crippen LogP contribution in [0.15, 0.2) is 12.3 Å². The third-order valence-corrected chi connectivity index (χ3v) is 4.09. The lowest BCUT2D eigenvalue weighted by Crippen LogP contribution is -2.63. The quantitative estimate of drug-likeness (QED) is 0.791. The molecule has 102 valence electrons. The molecule has 0 spiro atoms. The molecule has 2 aliphatic rings. The molecule has 0 unspecified atom stereocenters. The number of piperazine rings is 1. The Labute approximate surface area is 111 Å². The second kappa shape index (κ2) is 4.68. The first-order valence-electron chi connectivity index (χ1n) is 6.75. The van der Waals surface area contributed by atoms with Crippen molar-refractivity contribution in [3.05, 3.63) is 18.0 Å². The van der Waals surface area contributed by atoms with Crippen LogP contribution in [0.4, 0.5) is 0 Å². The van der Waals surface area contributed by atoms with Crippen molar-refractivity contribution < 1.29 is 9.59 Å². The van der Waals surface area contributed by atoms with Gasteiger partial charge in [-0.05, 0) is 18.9 Å². The highest BCUT2D eigenvalue weighted by Gasteiger charge is 2.39. The van der Waals surface area contributed by atoms with E-state index in [-0.39, 0.29) is 30.4 Å². The molecular formula is C13H18N4O2. The van der Waals surface area contributed by atoms with Crippen molar-refractivity contribution in [2.24, 2.45) is 7.05 Å². The second-order valence-corrected chi connectivity index (χ2v) is 5.30. The third-order valence-electron chi connectivity index (χ3n) is 4.09. The predicted molar refractivity (Wildman–Crippen MR) is 68.4 cm³/mol. The average Bonchev–Trinajstić information content (AvgIpc) is 2.83. The van der Waals surface area contributed by atoms with Crippen LogP contribution in [0.5, 0.6) is 0 Å². The second-order valence-electron chi connectivity index (χ2n) is 5.30. The van der Waals surface area contributed by atoms with Gasteiger partial charge in [-0.3, -0.25) is 14.3 Å². The lowest BCUT2D eigenvalue weighted by atomic mass is 9.87. The zero-order valence-corrected chi connectivity index (χ0v) is 11.0. The monoisotopic (exact) mass is 262 g/mol. The average molecular weight is 262 g/mol. The molecule has 19 heavy (non-hydrogen) atoms. The van der Waals surface area contributed by atoms with Crippen LogP contribution in [0.1, 0.15) is 36.2 Å². The zero-order chi connectivity index (χ0) is 13.4. The smallest absolute Gasteiger partial charge is 0.272 e. The maximum absolute atomic E-state index is 12.6. The normalized spacial score (nSPS) is 26.8. The van der Waals surface area contributed by atoms with Gasteiger partial charge in [0.25, 0.3) is 5.91 Å². The zero-order valence-electron chi connectivity index (χ0n) is 11.0. The lowest BCUT2D eigenvalue weighted by molar-refractivity contribution is -0.127. The number of hydrogen-bond donors (Lipinski definition) is 1. The first kappa shape index (κ1) is 12.2. The summed E-state index contributed by atoms with van der Waals surface area (Å²) in [4.78, 5) is 26.0. The molecule has 6 nitrogen and oxygen atoms in total. The number of rotatable bonds is 1.